The van der Waals surface area contributed by atoms with E-state index in [0.29, 0.717) is 6.10 Å². The first-order chi connectivity index (χ1) is 8.45. The van der Waals surface area contributed by atoms with E-state index in [1.54, 1.807) is 0 Å². The highest BCUT2D eigenvalue weighted by Crippen LogP contribution is 2.11. The lowest BCUT2D eigenvalue weighted by atomic mass is 10.2. The first-order valence-electron chi connectivity index (χ1n) is 6.47. The van der Waals surface area contributed by atoms with Gasteiger partial charge < -0.3 is 19.8 Å². The first kappa shape index (κ1) is 12.6. The Hall–Kier alpha value is -0.840. The van der Waals surface area contributed by atoms with Gasteiger partial charge in [0.15, 0.2) is 0 Å². The summed E-state index contributed by atoms with van der Waals surface area (Å²) < 4.78 is 11.1. The molecule has 1 aromatic rings. The highest BCUT2D eigenvalue weighted by atomic mass is 16.5. The van der Waals surface area contributed by atoms with E-state index in [9.17, 15) is 0 Å². The third-order valence-corrected chi connectivity index (χ3v) is 2.95. The number of hydrogen-bond donors (Lipinski definition) is 2. The summed E-state index contributed by atoms with van der Waals surface area (Å²) >= 11 is 0. The maximum absolute atomic E-state index is 5.58. The van der Waals surface area contributed by atoms with Crippen LogP contribution < -0.4 is 5.32 Å². The Balaban J connectivity index is 1.39. The van der Waals surface area contributed by atoms with Gasteiger partial charge in [-0.3, -0.25) is 0 Å². The van der Waals surface area contributed by atoms with E-state index in [1.807, 2.05) is 12.3 Å². The number of nitrogens with one attached hydrogen (secondary N) is 2. The second-order valence-corrected chi connectivity index (χ2v) is 4.44. The molecule has 1 aliphatic rings. The Kier molecular flexibility index (Phi) is 5.55. The molecule has 2 N–H and O–H groups in total. The Morgan fingerprint density at radius 2 is 2.53 bits per heavy atom. The van der Waals surface area contributed by atoms with Crippen LogP contribution in [0.2, 0.25) is 0 Å². The Morgan fingerprint density at radius 3 is 3.29 bits per heavy atom. The van der Waals surface area contributed by atoms with E-state index in [4.69, 9.17) is 9.47 Å². The molecule has 4 heteroatoms. The predicted molar refractivity (Wildman–Crippen MR) is 66.9 cm³/mol. The molecule has 17 heavy (non-hydrogen) atoms. The van der Waals surface area contributed by atoms with Gasteiger partial charge in [-0.2, -0.15) is 0 Å². The Morgan fingerprint density at radius 1 is 1.53 bits per heavy atom. The molecular weight excluding hydrogens is 216 g/mol. The van der Waals surface area contributed by atoms with Gasteiger partial charge in [0.2, 0.25) is 0 Å². The Bertz CT molecular complexity index is 282. The van der Waals surface area contributed by atoms with Crippen molar-refractivity contribution < 1.29 is 9.47 Å². The third kappa shape index (κ3) is 4.89. The molecule has 96 valence electrons. The van der Waals surface area contributed by atoms with Crippen molar-refractivity contribution >= 4 is 0 Å². The zero-order valence-corrected chi connectivity index (χ0v) is 10.3. The van der Waals surface area contributed by atoms with Crippen molar-refractivity contribution in [1.82, 2.24) is 10.3 Å². The highest BCUT2D eigenvalue weighted by Gasteiger charge is 2.14. The first-order valence-corrected chi connectivity index (χ1v) is 6.47. The van der Waals surface area contributed by atoms with Gasteiger partial charge >= 0.3 is 0 Å². The van der Waals surface area contributed by atoms with Crippen molar-refractivity contribution in [3.63, 3.8) is 0 Å². The second-order valence-electron chi connectivity index (χ2n) is 4.44. The van der Waals surface area contributed by atoms with Crippen molar-refractivity contribution in [1.29, 1.82) is 0 Å². The number of aromatic nitrogens is 1. The van der Waals surface area contributed by atoms with E-state index in [1.165, 1.54) is 12.1 Å². The van der Waals surface area contributed by atoms with Crippen molar-refractivity contribution in [2.75, 3.05) is 26.4 Å². The highest BCUT2D eigenvalue weighted by molar-refractivity contribution is 5.02. The van der Waals surface area contributed by atoms with E-state index < -0.39 is 0 Å². The Labute approximate surface area is 103 Å². The van der Waals surface area contributed by atoms with Crippen molar-refractivity contribution in [2.45, 2.75) is 31.9 Å². The summed E-state index contributed by atoms with van der Waals surface area (Å²) in [7, 11) is 0. The van der Waals surface area contributed by atoms with Gasteiger partial charge in [0.1, 0.15) is 0 Å². The summed E-state index contributed by atoms with van der Waals surface area (Å²) in [5, 5.41) is 3.37. The normalized spacial score (nSPS) is 19.9. The molecule has 0 aromatic carbocycles. The molecule has 0 spiro atoms. The zero-order valence-electron chi connectivity index (χ0n) is 10.3. The van der Waals surface area contributed by atoms with Crippen LogP contribution >= 0.6 is 0 Å². The summed E-state index contributed by atoms with van der Waals surface area (Å²) in [5.41, 5.74) is 1.23. The zero-order chi connectivity index (χ0) is 11.8. The minimum absolute atomic E-state index is 0.349. The van der Waals surface area contributed by atoms with Crippen LogP contribution in [0.3, 0.4) is 0 Å². The molecule has 0 aliphatic carbocycles. The number of H-pyrrole nitrogens is 1. The van der Waals surface area contributed by atoms with Gasteiger partial charge in [-0.15, -0.1) is 0 Å². The quantitative estimate of drug-likeness (QED) is 0.677. The monoisotopic (exact) mass is 238 g/mol. The molecule has 1 unspecified atom stereocenters. The van der Waals surface area contributed by atoms with Crippen molar-refractivity contribution in [2.24, 2.45) is 0 Å². The van der Waals surface area contributed by atoms with Crippen LogP contribution in [0, 0.1) is 0 Å². The minimum atomic E-state index is 0.349. The predicted octanol–water partition coefficient (Wildman–Crippen LogP) is 1.69. The minimum Gasteiger partial charge on any atom is -0.379 e. The molecule has 1 fully saturated rings. The number of aromatic amines is 1. The molecule has 2 heterocycles. The lowest BCUT2D eigenvalue weighted by molar-refractivity contribution is 0.0166. The van der Waals surface area contributed by atoms with Gasteiger partial charge in [-0.25, -0.2) is 0 Å². The average molecular weight is 238 g/mol. The summed E-state index contributed by atoms with van der Waals surface area (Å²) in [6.07, 6.45) is 5.69. The largest absolute Gasteiger partial charge is 0.379 e. The molecule has 1 saturated heterocycles. The van der Waals surface area contributed by atoms with Gasteiger partial charge in [-0.1, -0.05) is 0 Å². The van der Waals surface area contributed by atoms with E-state index in [-0.39, 0.29) is 0 Å². The maximum Gasteiger partial charge on any atom is 0.0809 e. The van der Waals surface area contributed by atoms with E-state index in [0.717, 1.165) is 45.8 Å². The molecule has 1 aliphatic heterocycles. The van der Waals surface area contributed by atoms with E-state index in [2.05, 4.69) is 16.4 Å². The molecular formula is C13H22N2O2. The molecule has 0 bridgehead atoms. The molecule has 1 aromatic heterocycles. The van der Waals surface area contributed by atoms with Crippen LogP contribution in [0.15, 0.2) is 18.3 Å². The SMILES string of the molecule is c1c[nH]c(CNCCCOCC2CCCO2)c1. The van der Waals surface area contributed by atoms with Gasteiger partial charge in [0.05, 0.1) is 12.7 Å². The molecule has 0 saturated carbocycles. The van der Waals surface area contributed by atoms with Gasteiger partial charge in [-0.05, 0) is 37.9 Å². The van der Waals surface area contributed by atoms with E-state index >= 15 is 0 Å². The summed E-state index contributed by atoms with van der Waals surface area (Å²) in [5.74, 6) is 0. The average Bonchev–Trinajstić information content (AvgIpc) is 3.00. The van der Waals surface area contributed by atoms with Crippen LogP contribution in [-0.4, -0.2) is 37.5 Å². The maximum atomic E-state index is 5.58. The van der Waals surface area contributed by atoms with Crippen molar-refractivity contribution in [3.8, 4) is 0 Å². The summed E-state index contributed by atoms with van der Waals surface area (Å²) in [4.78, 5) is 3.17. The molecule has 4 nitrogen and oxygen atoms in total. The second kappa shape index (κ2) is 7.48. The van der Waals surface area contributed by atoms with Crippen LogP contribution in [0.25, 0.3) is 0 Å². The molecule has 0 radical (unpaired) electrons. The smallest absolute Gasteiger partial charge is 0.0809 e. The fourth-order valence-electron chi connectivity index (χ4n) is 1.99. The van der Waals surface area contributed by atoms with Crippen LogP contribution in [-0.2, 0) is 16.0 Å². The molecule has 2 rings (SSSR count). The molecule has 1 atom stereocenters. The fraction of sp³-hybridized carbons (Fsp3) is 0.692. The van der Waals surface area contributed by atoms with Crippen LogP contribution in [0.4, 0.5) is 0 Å². The lowest BCUT2D eigenvalue weighted by Crippen LogP contribution is -2.19. The third-order valence-electron chi connectivity index (χ3n) is 2.95. The number of rotatable bonds is 8. The lowest BCUT2D eigenvalue weighted by Gasteiger charge is -2.10. The van der Waals surface area contributed by atoms with Gasteiger partial charge in [0, 0.05) is 31.6 Å². The van der Waals surface area contributed by atoms with Crippen molar-refractivity contribution in [3.05, 3.63) is 24.0 Å². The molecule has 0 amide bonds. The van der Waals surface area contributed by atoms with Gasteiger partial charge in [0.25, 0.3) is 0 Å². The van der Waals surface area contributed by atoms with Crippen LogP contribution in [0.5, 0.6) is 0 Å². The van der Waals surface area contributed by atoms with Crippen LogP contribution in [0.1, 0.15) is 25.0 Å². The number of ether oxygens (including phenoxy) is 2. The number of hydrogen-bond acceptors (Lipinski definition) is 3. The topological polar surface area (TPSA) is 46.3 Å². The standard InChI is InChI=1S/C13H22N2O2/c1-4-12(15-7-1)10-14-6-3-8-16-11-13-5-2-9-17-13/h1,4,7,13-15H,2-3,5-6,8-11H2. The summed E-state index contributed by atoms with van der Waals surface area (Å²) in [6.45, 7) is 4.38. The fourth-order valence-corrected chi connectivity index (χ4v) is 1.99. The summed E-state index contributed by atoms with van der Waals surface area (Å²) in [6, 6.07) is 4.10.